The SMILES string of the molecule is CCCCN(CC)C1CCNCC1C. The Hall–Kier alpha value is -0.0800. The quantitative estimate of drug-likeness (QED) is 0.728. The predicted molar refractivity (Wildman–Crippen MR) is 62.6 cm³/mol. The normalized spacial score (nSPS) is 28.3. The third kappa shape index (κ3) is 3.25. The highest BCUT2D eigenvalue weighted by Gasteiger charge is 2.25. The summed E-state index contributed by atoms with van der Waals surface area (Å²) >= 11 is 0. The smallest absolute Gasteiger partial charge is 0.0145 e. The topological polar surface area (TPSA) is 15.3 Å². The first-order valence-corrected chi connectivity index (χ1v) is 6.24. The maximum atomic E-state index is 3.47. The minimum Gasteiger partial charge on any atom is -0.316 e. The first-order valence-electron chi connectivity index (χ1n) is 6.24. The van der Waals surface area contributed by atoms with Gasteiger partial charge in [0.15, 0.2) is 0 Å². The van der Waals surface area contributed by atoms with Crippen LogP contribution in [0.3, 0.4) is 0 Å². The maximum absolute atomic E-state index is 3.47. The molecule has 0 aliphatic carbocycles. The first-order chi connectivity index (χ1) is 6.79. The van der Waals surface area contributed by atoms with E-state index in [1.807, 2.05) is 0 Å². The molecule has 1 saturated heterocycles. The lowest BCUT2D eigenvalue weighted by Crippen LogP contribution is -2.48. The molecule has 2 heteroatoms. The molecule has 0 radical (unpaired) electrons. The molecule has 1 heterocycles. The third-order valence-corrected chi connectivity index (χ3v) is 3.41. The Labute approximate surface area is 89.1 Å². The van der Waals surface area contributed by atoms with Crippen molar-refractivity contribution in [2.24, 2.45) is 5.92 Å². The van der Waals surface area contributed by atoms with Crippen LogP contribution in [0.15, 0.2) is 0 Å². The van der Waals surface area contributed by atoms with E-state index in [0.717, 1.165) is 12.0 Å². The van der Waals surface area contributed by atoms with E-state index in [-0.39, 0.29) is 0 Å². The predicted octanol–water partition coefficient (Wildman–Crippen LogP) is 2.11. The largest absolute Gasteiger partial charge is 0.316 e. The van der Waals surface area contributed by atoms with Crippen molar-refractivity contribution in [2.45, 2.75) is 46.1 Å². The molecule has 0 aromatic heterocycles. The van der Waals surface area contributed by atoms with Crippen molar-refractivity contribution in [3.63, 3.8) is 0 Å². The molecule has 1 fully saturated rings. The fourth-order valence-electron chi connectivity index (χ4n) is 2.46. The second-order valence-corrected chi connectivity index (χ2v) is 4.52. The van der Waals surface area contributed by atoms with E-state index in [9.17, 15) is 0 Å². The van der Waals surface area contributed by atoms with Crippen LogP contribution in [-0.2, 0) is 0 Å². The van der Waals surface area contributed by atoms with Gasteiger partial charge in [-0.25, -0.2) is 0 Å². The highest BCUT2D eigenvalue weighted by molar-refractivity contribution is 4.82. The summed E-state index contributed by atoms with van der Waals surface area (Å²) in [5, 5.41) is 3.47. The van der Waals surface area contributed by atoms with Gasteiger partial charge in [0, 0.05) is 6.04 Å². The van der Waals surface area contributed by atoms with Crippen molar-refractivity contribution < 1.29 is 0 Å². The lowest BCUT2D eigenvalue weighted by atomic mass is 9.93. The van der Waals surface area contributed by atoms with Crippen molar-refractivity contribution in [1.82, 2.24) is 10.2 Å². The molecular formula is C12H26N2. The second-order valence-electron chi connectivity index (χ2n) is 4.52. The summed E-state index contributed by atoms with van der Waals surface area (Å²) in [5.41, 5.74) is 0. The summed E-state index contributed by atoms with van der Waals surface area (Å²) in [7, 11) is 0. The van der Waals surface area contributed by atoms with Crippen LogP contribution in [0, 0.1) is 5.92 Å². The highest BCUT2D eigenvalue weighted by atomic mass is 15.2. The molecule has 0 saturated carbocycles. The van der Waals surface area contributed by atoms with E-state index in [4.69, 9.17) is 0 Å². The zero-order chi connectivity index (χ0) is 10.4. The lowest BCUT2D eigenvalue weighted by Gasteiger charge is -2.38. The van der Waals surface area contributed by atoms with Gasteiger partial charge in [0.05, 0.1) is 0 Å². The van der Waals surface area contributed by atoms with Crippen LogP contribution in [0.1, 0.15) is 40.0 Å². The van der Waals surface area contributed by atoms with Crippen molar-refractivity contribution in [2.75, 3.05) is 26.2 Å². The number of hydrogen-bond donors (Lipinski definition) is 1. The Kier molecular flexibility index (Phi) is 5.49. The van der Waals surface area contributed by atoms with E-state index in [2.05, 4.69) is 31.0 Å². The van der Waals surface area contributed by atoms with E-state index in [1.54, 1.807) is 0 Å². The number of unbranched alkanes of at least 4 members (excludes halogenated alkanes) is 1. The molecule has 1 aliphatic heterocycles. The monoisotopic (exact) mass is 198 g/mol. The van der Waals surface area contributed by atoms with Gasteiger partial charge in [-0.15, -0.1) is 0 Å². The summed E-state index contributed by atoms with van der Waals surface area (Å²) in [6.45, 7) is 11.9. The van der Waals surface area contributed by atoms with Gasteiger partial charge >= 0.3 is 0 Å². The van der Waals surface area contributed by atoms with Gasteiger partial charge in [0.2, 0.25) is 0 Å². The van der Waals surface area contributed by atoms with Crippen LogP contribution in [0.25, 0.3) is 0 Å². The van der Waals surface area contributed by atoms with Crippen LogP contribution < -0.4 is 5.32 Å². The van der Waals surface area contributed by atoms with Gasteiger partial charge in [-0.2, -0.15) is 0 Å². The maximum Gasteiger partial charge on any atom is 0.0145 e. The number of nitrogens with one attached hydrogen (secondary N) is 1. The molecule has 1 rings (SSSR count). The molecule has 84 valence electrons. The Balaban J connectivity index is 2.40. The molecule has 2 atom stereocenters. The first kappa shape index (κ1) is 12.0. The highest BCUT2D eigenvalue weighted by Crippen LogP contribution is 2.17. The van der Waals surface area contributed by atoms with E-state index in [1.165, 1.54) is 45.4 Å². The van der Waals surface area contributed by atoms with Gasteiger partial charge in [-0.05, 0) is 44.9 Å². The van der Waals surface area contributed by atoms with Gasteiger partial charge < -0.3 is 10.2 Å². The van der Waals surface area contributed by atoms with Crippen LogP contribution in [0.2, 0.25) is 0 Å². The number of nitrogens with zero attached hydrogens (tertiary/aromatic N) is 1. The van der Waals surface area contributed by atoms with Crippen LogP contribution in [0.4, 0.5) is 0 Å². The summed E-state index contributed by atoms with van der Waals surface area (Å²) in [4.78, 5) is 2.68. The van der Waals surface area contributed by atoms with Crippen LogP contribution >= 0.6 is 0 Å². The molecule has 1 N–H and O–H groups in total. The fraction of sp³-hybridized carbons (Fsp3) is 1.00. The molecule has 1 aliphatic rings. The Morgan fingerprint density at radius 2 is 2.14 bits per heavy atom. The summed E-state index contributed by atoms with van der Waals surface area (Å²) in [5.74, 6) is 0.820. The molecule has 0 aromatic rings. The third-order valence-electron chi connectivity index (χ3n) is 3.41. The van der Waals surface area contributed by atoms with E-state index in [0.29, 0.717) is 0 Å². The summed E-state index contributed by atoms with van der Waals surface area (Å²) in [6.07, 6.45) is 4.00. The zero-order valence-corrected chi connectivity index (χ0v) is 10.1. The lowest BCUT2D eigenvalue weighted by molar-refractivity contribution is 0.124. The van der Waals surface area contributed by atoms with Gasteiger partial charge in [-0.3, -0.25) is 0 Å². The molecule has 0 bridgehead atoms. The summed E-state index contributed by atoms with van der Waals surface area (Å²) < 4.78 is 0. The molecule has 2 nitrogen and oxygen atoms in total. The molecule has 14 heavy (non-hydrogen) atoms. The molecular weight excluding hydrogens is 172 g/mol. The standard InChI is InChI=1S/C12H26N2/c1-4-6-9-14(5-2)12-7-8-13-10-11(12)3/h11-13H,4-10H2,1-3H3. The minimum atomic E-state index is 0.820. The van der Waals surface area contributed by atoms with Crippen LogP contribution in [0.5, 0.6) is 0 Å². The molecule has 2 unspecified atom stereocenters. The molecule has 0 aromatic carbocycles. The van der Waals surface area contributed by atoms with Gasteiger partial charge in [-0.1, -0.05) is 27.2 Å². The van der Waals surface area contributed by atoms with Gasteiger partial charge in [0.25, 0.3) is 0 Å². The average Bonchev–Trinajstić information content (AvgIpc) is 2.21. The number of hydrogen-bond acceptors (Lipinski definition) is 2. The Bertz CT molecular complexity index is 147. The summed E-state index contributed by atoms with van der Waals surface area (Å²) in [6, 6.07) is 0.827. The minimum absolute atomic E-state index is 0.820. The number of piperidine rings is 1. The van der Waals surface area contributed by atoms with Crippen molar-refractivity contribution in [3.8, 4) is 0 Å². The molecule has 0 spiro atoms. The zero-order valence-electron chi connectivity index (χ0n) is 10.1. The Morgan fingerprint density at radius 1 is 1.36 bits per heavy atom. The van der Waals surface area contributed by atoms with Crippen molar-refractivity contribution in [1.29, 1.82) is 0 Å². The Morgan fingerprint density at radius 3 is 2.71 bits per heavy atom. The van der Waals surface area contributed by atoms with E-state index < -0.39 is 0 Å². The van der Waals surface area contributed by atoms with Crippen molar-refractivity contribution in [3.05, 3.63) is 0 Å². The van der Waals surface area contributed by atoms with Crippen molar-refractivity contribution >= 4 is 0 Å². The second kappa shape index (κ2) is 6.41. The van der Waals surface area contributed by atoms with Gasteiger partial charge in [0.1, 0.15) is 0 Å². The molecule has 0 amide bonds. The number of rotatable bonds is 5. The average molecular weight is 198 g/mol. The fourth-order valence-corrected chi connectivity index (χ4v) is 2.46. The van der Waals surface area contributed by atoms with Crippen LogP contribution in [-0.4, -0.2) is 37.1 Å². The van der Waals surface area contributed by atoms with E-state index >= 15 is 0 Å².